The van der Waals surface area contributed by atoms with Crippen LogP contribution >= 0.6 is 11.3 Å². The van der Waals surface area contributed by atoms with E-state index in [4.69, 9.17) is 5.73 Å². The molecule has 0 radical (unpaired) electrons. The maximum Gasteiger partial charge on any atom is 0.266 e. The fourth-order valence-corrected chi connectivity index (χ4v) is 3.15. The number of nitrogen functional groups attached to an aromatic ring is 1. The normalized spacial score (nSPS) is 16.1. The molecule has 1 aliphatic heterocycles. The van der Waals surface area contributed by atoms with Gasteiger partial charge in [-0.25, -0.2) is 4.98 Å². The topological polar surface area (TPSA) is 71.2 Å². The molecule has 5 nitrogen and oxygen atoms in total. The first-order chi connectivity index (χ1) is 8.77. The van der Waals surface area contributed by atoms with Gasteiger partial charge in [-0.2, -0.15) is 0 Å². The van der Waals surface area contributed by atoms with Gasteiger partial charge in [0.2, 0.25) is 0 Å². The highest BCUT2D eigenvalue weighted by Crippen LogP contribution is 2.32. The van der Waals surface area contributed by atoms with Crippen LogP contribution in [0.2, 0.25) is 0 Å². The number of pyridine rings is 1. The van der Waals surface area contributed by atoms with Crippen molar-refractivity contribution in [2.45, 2.75) is 0 Å². The quantitative estimate of drug-likeness (QED) is 0.802. The van der Waals surface area contributed by atoms with Crippen molar-refractivity contribution in [3.05, 3.63) is 23.2 Å². The highest BCUT2D eigenvalue weighted by molar-refractivity contribution is 7.21. The Hall–Kier alpha value is -1.66. The van der Waals surface area contributed by atoms with E-state index >= 15 is 0 Å². The predicted molar refractivity (Wildman–Crippen MR) is 72.8 cm³/mol. The van der Waals surface area contributed by atoms with Crippen LogP contribution in [0.15, 0.2) is 18.3 Å². The minimum Gasteiger partial charge on any atom is -0.397 e. The molecule has 6 heteroatoms. The number of carbonyl (C=O) groups is 1. The number of piperazine rings is 1. The molecule has 3 rings (SSSR count). The highest BCUT2D eigenvalue weighted by Gasteiger charge is 2.23. The Morgan fingerprint density at radius 1 is 1.44 bits per heavy atom. The summed E-state index contributed by atoms with van der Waals surface area (Å²) >= 11 is 1.38. The van der Waals surface area contributed by atoms with Crippen molar-refractivity contribution < 1.29 is 4.79 Å². The lowest BCUT2D eigenvalue weighted by atomic mass is 10.2. The van der Waals surface area contributed by atoms with Crippen LogP contribution in [-0.4, -0.2) is 42.0 Å². The lowest BCUT2D eigenvalue weighted by Gasteiger charge is -2.27. The van der Waals surface area contributed by atoms with E-state index in [1.807, 2.05) is 17.0 Å². The first-order valence-corrected chi connectivity index (χ1v) is 6.72. The van der Waals surface area contributed by atoms with Gasteiger partial charge in [0, 0.05) is 37.8 Å². The molecule has 0 saturated carbocycles. The van der Waals surface area contributed by atoms with Crippen molar-refractivity contribution >= 4 is 33.1 Å². The van der Waals surface area contributed by atoms with Gasteiger partial charge in [0.05, 0.1) is 5.69 Å². The van der Waals surface area contributed by atoms with Crippen molar-refractivity contribution in [1.82, 2.24) is 15.2 Å². The molecule has 1 aliphatic rings. The SMILES string of the molecule is Nc1c(C(=O)N2CCNCC2)sc2ncccc12. The van der Waals surface area contributed by atoms with E-state index in [-0.39, 0.29) is 5.91 Å². The van der Waals surface area contributed by atoms with E-state index in [2.05, 4.69) is 10.3 Å². The van der Waals surface area contributed by atoms with E-state index in [1.165, 1.54) is 11.3 Å². The molecule has 0 unspecified atom stereocenters. The van der Waals surface area contributed by atoms with Crippen LogP contribution in [0.4, 0.5) is 5.69 Å². The summed E-state index contributed by atoms with van der Waals surface area (Å²) in [6.45, 7) is 3.16. The van der Waals surface area contributed by atoms with Crippen LogP contribution in [0.25, 0.3) is 10.2 Å². The number of hydrogen-bond acceptors (Lipinski definition) is 5. The number of carbonyl (C=O) groups excluding carboxylic acids is 1. The van der Waals surface area contributed by atoms with Crippen molar-refractivity contribution in [3.63, 3.8) is 0 Å². The van der Waals surface area contributed by atoms with Crippen LogP contribution in [0.5, 0.6) is 0 Å². The third-order valence-electron chi connectivity index (χ3n) is 3.10. The lowest BCUT2D eigenvalue weighted by Crippen LogP contribution is -2.46. The molecule has 3 heterocycles. The van der Waals surface area contributed by atoms with E-state index in [9.17, 15) is 4.79 Å². The van der Waals surface area contributed by atoms with Gasteiger partial charge < -0.3 is 16.0 Å². The molecule has 0 aliphatic carbocycles. The third kappa shape index (κ3) is 1.83. The maximum atomic E-state index is 12.4. The Bertz CT molecular complexity index is 589. The van der Waals surface area contributed by atoms with Gasteiger partial charge in [0.1, 0.15) is 9.71 Å². The molecule has 94 valence electrons. The second kappa shape index (κ2) is 4.55. The van der Waals surface area contributed by atoms with Crippen LogP contribution in [0.3, 0.4) is 0 Å². The van der Waals surface area contributed by atoms with Crippen molar-refractivity contribution in [1.29, 1.82) is 0 Å². The van der Waals surface area contributed by atoms with Crippen molar-refractivity contribution in [3.8, 4) is 0 Å². The van der Waals surface area contributed by atoms with Crippen LogP contribution in [0.1, 0.15) is 9.67 Å². The van der Waals surface area contributed by atoms with Gasteiger partial charge in [0.15, 0.2) is 0 Å². The van der Waals surface area contributed by atoms with Gasteiger partial charge in [-0.3, -0.25) is 4.79 Å². The maximum absolute atomic E-state index is 12.4. The Morgan fingerprint density at radius 2 is 2.22 bits per heavy atom. The molecular weight excluding hydrogens is 248 g/mol. The molecule has 0 atom stereocenters. The number of fused-ring (bicyclic) bond motifs is 1. The van der Waals surface area contributed by atoms with Crippen LogP contribution in [0, 0.1) is 0 Å². The first kappa shape index (κ1) is 11.4. The molecule has 3 N–H and O–H groups in total. The monoisotopic (exact) mass is 262 g/mol. The van der Waals surface area contributed by atoms with E-state index in [0.717, 1.165) is 36.4 Å². The molecule has 1 fully saturated rings. The van der Waals surface area contributed by atoms with Crippen molar-refractivity contribution in [2.75, 3.05) is 31.9 Å². The lowest BCUT2D eigenvalue weighted by molar-refractivity contribution is 0.0741. The number of aromatic nitrogens is 1. The van der Waals surface area contributed by atoms with Gasteiger partial charge >= 0.3 is 0 Å². The van der Waals surface area contributed by atoms with E-state index in [0.29, 0.717) is 10.6 Å². The summed E-state index contributed by atoms with van der Waals surface area (Å²) in [5.74, 6) is 0.0250. The minimum absolute atomic E-state index is 0.0250. The van der Waals surface area contributed by atoms with Gasteiger partial charge in [-0.05, 0) is 12.1 Å². The molecule has 18 heavy (non-hydrogen) atoms. The molecule has 0 bridgehead atoms. The molecular formula is C12H14N4OS. The minimum atomic E-state index is 0.0250. The smallest absolute Gasteiger partial charge is 0.266 e. The van der Waals surface area contributed by atoms with E-state index in [1.54, 1.807) is 6.20 Å². The largest absolute Gasteiger partial charge is 0.397 e. The Kier molecular flexibility index (Phi) is 2.89. The average molecular weight is 262 g/mol. The summed E-state index contributed by atoms with van der Waals surface area (Å²) in [6, 6.07) is 3.74. The second-order valence-corrected chi connectivity index (χ2v) is 5.24. The second-order valence-electron chi connectivity index (χ2n) is 4.24. The van der Waals surface area contributed by atoms with E-state index < -0.39 is 0 Å². The fraction of sp³-hybridized carbons (Fsp3) is 0.333. The number of anilines is 1. The number of nitrogens with one attached hydrogen (secondary N) is 1. The zero-order valence-corrected chi connectivity index (χ0v) is 10.7. The third-order valence-corrected chi connectivity index (χ3v) is 4.22. The summed E-state index contributed by atoms with van der Waals surface area (Å²) in [4.78, 5) is 19.9. The summed E-state index contributed by atoms with van der Waals surface area (Å²) in [5.41, 5.74) is 6.62. The number of thiophene rings is 1. The van der Waals surface area contributed by atoms with Gasteiger partial charge in [0.25, 0.3) is 5.91 Å². The summed E-state index contributed by atoms with van der Waals surface area (Å²) in [7, 11) is 0. The summed E-state index contributed by atoms with van der Waals surface area (Å²) < 4.78 is 0. The Balaban J connectivity index is 1.98. The standard InChI is InChI=1S/C12H14N4OS/c13-9-8-2-1-3-15-11(8)18-10(9)12(17)16-6-4-14-5-7-16/h1-3,14H,4-7,13H2. The first-order valence-electron chi connectivity index (χ1n) is 5.90. The Labute approximate surface area is 109 Å². The number of nitrogens with two attached hydrogens (primary N) is 1. The number of amides is 1. The van der Waals surface area contributed by atoms with Crippen molar-refractivity contribution in [2.24, 2.45) is 0 Å². The highest BCUT2D eigenvalue weighted by atomic mass is 32.1. The molecule has 1 amide bonds. The zero-order valence-electron chi connectivity index (χ0n) is 9.85. The number of rotatable bonds is 1. The summed E-state index contributed by atoms with van der Waals surface area (Å²) in [6.07, 6.45) is 1.72. The predicted octanol–water partition coefficient (Wildman–Crippen LogP) is 0.924. The fourth-order valence-electron chi connectivity index (χ4n) is 2.12. The zero-order chi connectivity index (χ0) is 12.5. The molecule has 0 aromatic carbocycles. The number of nitrogens with zero attached hydrogens (tertiary/aromatic N) is 2. The van der Waals surface area contributed by atoms with Gasteiger partial charge in [-0.1, -0.05) is 0 Å². The molecule has 2 aromatic heterocycles. The summed E-state index contributed by atoms with van der Waals surface area (Å²) in [5, 5.41) is 4.10. The van der Waals surface area contributed by atoms with Gasteiger partial charge in [-0.15, -0.1) is 11.3 Å². The molecule has 1 saturated heterocycles. The average Bonchev–Trinajstić information content (AvgIpc) is 2.77. The molecule has 0 spiro atoms. The number of hydrogen-bond donors (Lipinski definition) is 2. The van der Waals surface area contributed by atoms with Crippen LogP contribution in [-0.2, 0) is 0 Å². The molecule has 2 aromatic rings. The van der Waals surface area contributed by atoms with Crippen LogP contribution < -0.4 is 11.1 Å². The Morgan fingerprint density at radius 3 is 2.94 bits per heavy atom.